The van der Waals surface area contributed by atoms with Crippen molar-refractivity contribution in [3.8, 4) is 0 Å². The van der Waals surface area contributed by atoms with E-state index >= 15 is 0 Å². The Labute approximate surface area is 114 Å². The van der Waals surface area contributed by atoms with Crippen LogP contribution >= 0.6 is 11.3 Å². The van der Waals surface area contributed by atoms with Gasteiger partial charge in [0.15, 0.2) is 5.43 Å². The molecule has 1 aromatic carbocycles. The standard InChI is InChI=1S/C16H13NOS/c18-14-5-7-17-13-4-2-10-1-3-12(15(10)16(13)14)11-6-8-19-9-11/h2,4-9,12H,1,3H2,(H,17,18). The summed E-state index contributed by atoms with van der Waals surface area (Å²) in [6, 6.07) is 8.01. The van der Waals surface area contributed by atoms with Crippen molar-refractivity contribution < 1.29 is 0 Å². The van der Waals surface area contributed by atoms with E-state index in [1.807, 2.05) is 6.07 Å². The molecule has 1 aliphatic carbocycles. The smallest absolute Gasteiger partial charge is 0.189 e. The first-order chi connectivity index (χ1) is 9.34. The van der Waals surface area contributed by atoms with Gasteiger partial charge in [0.25, 0.3) is 0 Å². The van der Waals surface area contributed by atoms with Crippen molar-refractivity contribution in [3.63, 3.8) is 0 Å². The second-order valence-electron chi connectivity index (χ2n) is 5.05. The predicted molar refractivity (Wildman–Crippen MR) is 79.1 cm³/mol. The molecule has 1 atom stereocenters. The summed E-state index contributed by atoms with van der Waals surface area (Å²) >= 11 is 1.72. The molecule has 1 aliphatic rings. The van der Waals surface area contributed by atoms with Crippen LogP contribution in [0.1, 0.15) is 29.0 Å². The van der Waals surface area contributed by atoms with Crippen molar-refractivity contribution >= 4 is 22.2 Å². The molecule has 0 saturated heterocycles. The second-order valence-corrected chi connectivity index (χ2v) is 5.83. The number of fused-ring (bicyclic) bond motifs is 3. The highest BCUT2D eigenvalue weighted by Crippen LogP contribution is 2.41. The maximum atomic E-state index is 12.2. The molecule has 0 fully saturated rings. The zero-order valence-electron chi connectivity index (χ0n) is 10.3. The van der Waals surface area contributed by atoms with Crippen LogP contribution in [0.2, 0.25) is 0 Å². The fourth-order valence-electron chi connectivity index (χ4n) is 3.21. The van der Waals surface area contributed by atoms with Gasteiger partial charge in [-0.3, -0.25) is 4.79 Å². The fourth-order valence-corrected chi connectivity index (χ4v) is 3.92. The van der Waals surface area contributed by atoms with E-state index < -0.39 is 0 Å². The maximum absolute atomic E-state index is 12.2. The zero-order valence-corrected chi connectivity index (χ0v) is 11.2. The third kappa shape index (κ3) is 1.58. The Balaban J connectivity index is 2.06. The number of nitrogens with one attached hydrogen (secondary N) is 1. The first kappa shape index (κ1) is 11.0. The SMILES string of the molecule is O=c1cc[nH]c2ccc3c(c12)C(c1ccsc1)CC3. The Hall–Kier alpha value is -1.87. The van der Waals surface area contributed by atoms with Gasteiger partial charge >= 0.3 is 0 Å². The average Bonchev–Trinajstić information content (AvgIpc) is 3.07. The monoisotopic (exact) mass is 267 g/mol. The molecule has 19 heavy (non-hydrogen) atoms. The Bertz CT molecular complexity index is 801. The van der Waals surface area contributed by atoms with Gasteiger partial charge in [0.1, 0.15) is 0 Å². The lowest BCUT2D eigenvalue weighted by Crippen LogP contribution is -2.06. The molecule has 1 unspecified atom stereocenters. The molecule has 2 heterocycles. The minimum absolute atomic E-state index is 0.132. The minimum atomic E-state index is 0.132. The lowest BCUT2D eigenvalue weighted by Gasteiger charge is -2.12. The second kappa shape index (κ2) is 4.07. The van der Waals surface area contributed by atoms with Crippen LogP contribution in [0.15, 0.2) is 46.0 Å². The molecule has 3 heteroatoms. The van der Waals surface area contributed by atoms with Crippen LogP contribution in [0.3, 0.4) is 0 Å². The number of rotatable bonds is 1. The molecular weight excluding hydrogens is 254 g/mol. The van der Waals surface area contributed by atoms with Crippen LogP contribution in [0.5, 0.6) is 0 Å². The number of hydrogen-bond acceptors (Lipinski definition) is 2. The van der Waals surface area contributed by atoms with Crippen molar-refractivity contribution in [2.75, 3.05) is 0 Å². The van der Waals surface area contributed by atoms with Crippen LogP contribution in [0.25, 0.3) is 10.9 Å². The topological polar surface area (TPSA) is 32.9 Å². The Morgan fingerprint density at radius 2 is 2.16 bits per heavy atom. The highest BCUT2D eigenvalue weighted by molar-refractivity contribution is 7.08. The predicted octanol–water partition coefficient (Wildman–Crippen LogP) is 3.67. The maximum Gasteiger partial charge on any atom is 0.189 e. The highest BCUT2D eigenvalue weighted by atomic mass is 32.1. The number of aromatic amines is 1. The number of hydrogen-bond donors (Lipinski definition) is 1. The third-order valence-electron chi connectivity index (χ3n) is 4.05. The van der Waals surface area contributed by atoms with Crippen LogP contribution in [0, 0.1) is 0 Å². The molecule has 4 rings (SSSR count). The molecule has 1 N–H and O–H groups in total. The normalized spacial score (nSPS) is 17.8. The fraction of sp³-hybridized carbons (Fsp3) is 0.188. The van der Waals surface area contributed by atoms with Crippen molar-refractivity contribution in [2.45, 2.75) is 18.8 Å². The van der Waals surface area contributed by atoms with E-state index in [0.717, 1.165) is 23.7 Å². The van der Waals surface area contributed by atoms with Crippen molar-refractivity contribution in [2.24, 2.45) is 0 Å². The van der Waals surface area contributed by atoms with E-state index in [1.165, 1.54) is 16.7 Å². The Morgan fingerprint density at radius 3 is 3.00 bits per heavy atom. The summed E-state index contributed by atoms with van der Waals surface area (Å²) in [4.78, 5) is 15.4. The van der Waals surface area contributed by atoms with Crippen LogP contribution < -0.4 is 5.43 Å². The number of benzene rings is 1. The summed E-state index contributed by atoms with van der Waals surface area (Å²) in [7, 11) is 0. The molecule has 0 bridgehead atoms. The van der Waals surface area contributed by atoms with E-state index in [2.05, 4.69) is 27.9 Å². The quantitative estimate of drug-likeness (QED) is 0.717. The molecule has 2 aromatic heterocycles. The van der Waals surface area contributed by atoms with Gasteiger partial charge in [-0.2, -0.15) is 11.3 Å². The van der Waals surface area contributed by atoms with E-state index in [9.17, 15) is 4.79 Å². The average molecular weight is 267 g/mol. The largest absolute Gasteiger partial charge is 0.361 e. The first-order valence-corrected chi connectivity index (χ1v) is 7.44. The van der Waals surface area contributed by atoms with Crippen LogP contribution in [0.4, 0.5) is 0 Å². The van der Waals surface area contributed by atoms with Gasteiger partial charge in [-0.05, 0) is 52.4 Å². The summed E-state index contributed by atoms with van der Waals surface area (Å²) in [6.45, 7) is 0. The molecule has 3 aromatic rings. The molecule has 0 amide bonds. The van der Waals surface area contributed by atoms with Gasteiger partial charge in [-0.1, -0.05) is 6.07 Å². The van der Waals surface area contributed by atoms with Gasteiger partial charge in [-0.15, -0.1) is 0 Å². The van der Waals surface area contributed by atoms with Gasteiger partial charge in [0.2, 0.25) is 0 Å². The molecule has 0 aliphatic heterocycles. The Kier molecular flexibility index (Phi) is 2.35. The first-order valence-electron chi connectivity index (χ1n) is 6.50. The number of pyridine rings is 1. The number of aryl methyl sites for hydroxylation is 1. The van der Waals surface area contributed by atoms with Gasteiger partial charge in [-0.25, -0.2) is 0 Å². The van der Waals surface area contributed by atoms with Crippen molar-refractivity contribution in [1.29, 1.82) is 0 Å². The summed E-state index contributed by atoms with van der Waals surface area (Å²) < 4.78 is 0. The van der Waals surface area contributed by atoms with E-state index in [4.69, 9.17) is 0 Å². The number of aromatic nitrogens is 1. The lowest BCUT2D eigenvalue weighted by atomic mass is 9.92. The number of thiophene rings is 1. The summed E-state index contributed by atoms with van der Waals surface area (Å²) in [5, 5.41) is 5.20. The molecule has 2 nitrogen and oxygen atoms in total. The van der Waals surface area contributed by atoms with E-state index in [0.29, 0.717) is 5.92 Å². The summed E-state index contributed by atoms with van der Waals surface area (Å²) in [6.07, 6.45) is 3.91. The van der Waals surface area contributed by atoms with Gasteiger partial charge < -0.3 is 4.98 Å². The molecule has 0 spiro atoms. The molecule has 0 radical (unpaired) electrons. The molecule has 0 saturated carbocycles. The minimum Gasteiger partial charge on any atom is -0.361 e. The van der Waals surface area contributed by atoms with E-state index in [1.54, 1.807) is 23.6 Å². The van der Waals surface area contributed by atoms with Crippen molar-refractivity contribution in [1.82, 2.24) is 4.98 Å². The highest BCUT2D eigenvalue weighted by Gasteiger charge is 2.27. The zero-order chi connectivity index (χ0) is 12.8. The number of H-pyrrole nitrogens is 1. The summed E-state index contributed by atoms with van der Waals surface area (Å²) in [5.41, 5.74) is 5.01. The molecular formula is C16H13NOS. The van der Waals surface area contributed by atoms with Gasteiger partial charge in [0, 0.05) is 29.1 Å². The lowest BCUT2D eigenvalue weighted by molar-refractivity contribution is 0.794. The van der Waals surface area contributed by atoms with Gasteiger partial charge in [0.05, 0.1) is 0 Å². The van der Waals surface area contributed by atoms with E-state index in [-0.39, 0.29) is 5.43 Å². The molecule has 94 valence electrons. The third-order valence-corrected chi connectivity index (χ3v) is 4.75. The van der Waals surface area contributed by atoms with Crippen LogP contribution in [-0.4, -0.2) is 4.98 Å². The summed E-state index contributed by atoms with van der Waals surface area (Å²) in [5.74, 6) is 0.383. The Morgan fingerprint density at radius 1 is 1.21 bits per heavy atom. The van der Waals surface area contributed by atoms with Crippen LogP contribution in [-0.2, 0) is 6.42 Å². The van der Waals surface area contributed by atoms with Crippen molar-refractivity contribution in [3.05, 3.63) is 68.1 Å².